The van der Waals surface area contributed by atoms with Crippen molar-refractivity contribution in [2.45, 2.75) is 13.8 Å². The number of benzene rings is 1. The van der Waals surface area contributed by atoms with Crippen LogP contribution >= 0.6 is 0 Å². The summed E-state index contributed by atoms with van der Waals surface area (Å²) in [7, 11) is 0. The molecule has 0 amide bonds. The minimum Gasteiger partial charge on any atom is -0.460 e. The van der Waals surface area contributed by atoms with Gasteiger partial charge in [0.2, 0.25) is 0 Å². The van der Waals surface area contributed by atoms with E-state index in [4.69, 9.17) is 15.3 Å². The number of aryl methyl sites for hydroxylation is 1. The van der Waals surface area contributed by atoms with E-state index in [0.717, 1.165) is 12.1 Å². The second-order valence-corrected chi connectivity index (χ2v) is 4.78. The number of hydrogen-bond acceptors (Lipinski definition) is 5. The Labute approximate surface area is 136 Å². The van der Waals surface area contributed by atoms with E-state index in [1.165, 1.54) is 6.08 Å². The molecule has 0 aromatic heterocycles. The smallest absolute Gasteiger partial charge is 0.338 e. The zero-order valence-electron chi connectivity index (χ0n) is 13.3. The molecule has 23 heavy (non-hydrogen) atoms. The summed E-state index contributed by atoms with van der Waals surface area (Å²) in [6.07, 6.45) is 4.84. The van der Waals surface area contributed by atoms with Crippen LogP contribution in [0.3, 0.4) is 0 Å². The zero-order chi connectivity index (χ0) is 17.1. The quantitative estimate of drug-likeness (QED) is 0.439. The molecule has 1 aromatic carbocycles. The van der Waals surface area contributed by atoms with Gasteiger partial charge < -0.3 is 9.64 Å². The van der Waals surface area contributed by atoms with Crippen LogP contribution in [0.1, 0.15) is 22.8 Å². The summed E-state index contributed by atoms with van der Waals surface area (Å²) < 4.78 is 5.24. The molecule has 0 N–H and O–H groups in total. The third-order valence-corrected chi connectivity index (χ3v) is 3.11. The zero-order valence-corrected chi connectivity index (χ0v) is 13.3. The highest BCUT2D eigenvalue weighted by Gasteiger charge is 2.06. The van der Waals surface area contributed by atoms with Crippen molar-refractivity contribution in [1.82, 2.24) is 4.90 Å². The number of carbonyl (C=O) groups excluding carboxylic acids is 1. The van der Waals surface area contributed by atoms with Crippen LogP contribution in [0.5, 0.6) is 0 Å². The molecule has 5 heteroatoms. The maximum absolute atomic E-state index is 11.9. The highest BCUT2D eigenvalue weighted by atomic mass is 16.5. The molecule has 0 heterocycles. The molecule has 0 aliphatic rings. The van der Waals surface area contributed by atoms with Gasteiger partial charge in [-0.25, -0.2) is 4.79 Å². The van der Waals surface area contributed by atoms with Gasteiger partial charge in [-0.1, -0.05) is 17.7 Å². The first-order valence-corrected chi connectivity index (χ1v) is 7.27. The van der Waals surface area contributed by atoms with Crippen LogP contribution in [-0.2, 0) is 4.74 Å². The molecule has 0 atom stereocenters. The normalized spacial score (nSPS) is 9.74. The molecule has 0 unspecified atom stereocenters. The number of allylic oxidation sites excluding steroid dienone is 3. The van der Waals surface area contributed by atoms with Crippen LogP contribution < -0.4 is 0 Å². The Morgan fingerprint density at radius 1 is 1.26 bits per heavy atom. The number of hydrogen-bond donors (Lipinski definition) is 0. The van der Waals surface area contributed by atoms with Gasteiger partial charge in [-0.15, -0.1) is 0 Å². The van der Waals surface area contributed by atoms with E-state index < -0.39 is 0 Å². The van der Waals surface area contributed by atoms with Gasteiger partial charge in [0.25, 0.3) is 0 Å². The molecule has 0 spiro atoms. The first-order valence-electron chi connectivity index (χ1n) is 7.27. The molecular weight excluding hydrogens is 290 g/mol. The number of esters is 1. The average Bonchev–Trinajstić information content (AvgIpc) is 2.57. The number of likely N-dealkylation sites (N-methyl/N-ethyl adjacent to an activating group) is 1. The Kier molecular flexibility index (Phi) is 7.68. The van der Waals surface area contributed by atoms with Crippen molar-refractivity contribution < 1.29 is 9.53 Å². The molecule has 0 fully saturated rings. The molecule has 0 aliphatic carbocycles. The summed E-state index contributed by atoms with van der Waals surface area (Å²) in [6, 6.07) is 10.8. The molecule has 1 rings (SSSR count). The van der Waals surface area contributed by atoms with Crippen LogP contribution in [0, 0.1) is 29.6 Å². The molecule has 0 bridgehead atoms. The van der Waals surface area contributed by atoms with Crippen LogP contribution in [0.4, 0.5) is 0 Å². The van der Waals surface area contributed by atoms with Crippen molar-refractivity contribution in [2.24, 2.45) is 0 Å². The largest absolute Gasteiger partial charge is 0.460 e. The molecule has 118 valence electrons. The molecule has 1 aromatic rings. The van der Waals surface area contributed by atoms with E-state index >= 15 is 0 Å². The van der Waals surface area contributed by atoms with E-state index in [0.29, 0.717) is 12.1 Å². The van der Waals surface area contributed by atoms with Crippen molar-refractivity contribution in [3.63, 3.8) is 0 Å². The summed E-state index contributed by atoms with van der Waals surface area (Å²) in [5, 5.41) is 17.3. The molecule has 0 saturated heterocycles. The predicted molar refractivity (Wildman–Crippen MR) is 87.2 cm³/mol. The van der Waals surface area contributed by atoms with Gasteiger partial charge in [0.15, 0.2) is 0 Å². The fourth-order valence-corrected chi connectivity index (χ4v) is 1.73. The van der Waals surface area contributed by atoms with Gasteiger partial charge in [-0.05, 0) is 44.3 Å². The lowest BCUT2D eigenvalue weighted by atomic mass is 10.1. The lowest BCUT2D eigenvalue weighted by Gasteiger charge is -2.17. The number of nitriles is 2. The Bertz CT molecular complexity index is 645. The summed E-state index contributed by atoms with van der Waals surface area (Å²) in [5.74, 6) is -0.346. The Morgan fingerprint density at radius 3 is 2.48 bits per heavy atom. The maximum atomic E-state index is 11.9. The van der Waals surface area contributed by atoms with Crippen molar-refractivity contribution in [1.29, 1.82) is 10.5 Å². The van der Waals surface area contributed by atoms with E-state index in [2.05, 4.69) is 0 Å². The van der Waals surface area contributed by atoms with Gasteiger partial charge >= 0.3 is 5.97 Å². The van der Waals surface area contributed by atoms with E-state index in [1.54, 1.807) is 36.5 Å². The summed E-state index contributed by atoms with van der Waals surface area (Å²) in [4.78, 5) is 13.8. The molecule has 0 saturated carbocycles. The first-order chi connectivity index (χ1) is 11.1. The third-order valence-electron chi connectivity index (χ3n) is 3.11. The monoisotopic (exact) mass is 309 g/mol. The molecule has 0 aliphatic heterocycles. The van der Waals surface area contributed by atoms with Crippen LogP contribution in [0.2, 0.25) is 0 Å². The van der Waals surface area contributed by atoms with Gasteiger partial charge in [0.1, 0.15) is 24.3 Å². The number of carbonyl (C=O) groups is 1. The van der Waals surface area contributed by atoms with Crippen LogP contribution in [-0.4, -0.2) is 30.6 Å². The Morgan fingerprint density at radius 2 is 1.91 bits per heavy atom. The lowest BCUT2D eigenvalue weighted by molar-refractivity contribution is 0.0481. The van der Waals surface area contributed by atoms with Gasteiger partial charge in [0, 0.05) is 6.54 Å². The van der Waals surface area contributed by atoms with Crippen LogP contribution in [0.15, 0.2) is 48.2 Å². The number of nitrogens with zero attached hydrogens (tertiary/aromatic N) is 3. The molecule has 0 radical (unpaired) electrons. The van der Waals surface area contributed by atoms with Crippen LogP contribution in [0.25, 0.3) is 0 Å². The fraction of sp³-hybridized carbons (Fsp3) is 0.278. The van der Waals surface area contributed by atoms with Crippen molar-refractivity contribution in [3.8, 4) is 12.1 Å². The van der Waals surface area contributed by atoms with Gasteiger partial charge in [0.05, 0.1) is 12.1 Å². The number of ether oxygens (including phenoxy) is 1. The van der Waals surface area contributed by atoms with Crippen molar-refractivity contribution in [2.75, 3.05) is 19.7 Å². The van der Waals surface area contributed by atoms with E-state index in [1.807, 2.05) is 30.9 Å². The third kappa shape index (κ3) is 6.50. The maximum Gasteiger partial charge on any atom is 0.338 e. The summed E-state index contributed by atoms with van der Waals surface area (Å²) >= 11 is 0. The Hall–Kier alpha value is -3.05. The first kappa shape index (κ1) is 18.0. The standard InChI is InChI=1S/C18H19N3O2/c1-3-21(10-4-5-16(13-19)14-20)11-12-23-18(22)17-8-6-15(2)7-9-17/h4-10H,3,11-12H2,1-2H3/b10-4+. The summed E-state index contributed by atoms with van der Waals surface area (Å²) in [6.45, 7) is 5.44. The van der Waals surface area contributed by atoms with E-state index in [9.17, 15) is 4.79 Å². The average molecular weight is 309 g/mol. The van der Waals surface area contributed by atoms with Crippen molar-refractivity contribution >= 4 is 5.97 Å². The number of rotatable bonds is 7. The molecular formula is C18H19N3O2. The minimum atomic E-state index is -0.346. The highest BCUT2D eigenvalue weighted by Crippen LogP contribution is 2.05. The highest BCUT2D eigenvalue weighted by molar-refractivity contribution is 5.89. The topological polar surface area (TPSA) is 77.1 Å². The van der Waals surface area contributed by atoms with Crippen molar-refractivity contribution in [3.05, 3.63) is 59.3 Å². The van der Waals surface area contributed by atoms with Gasteiger partial charge in [-0.2, -0.15) is 10.5 Å². The van der Waals surface area contributed by atoms with Gasteiger partial charge in [-0.3, -0.25) is 0 Å². The fourth-order valence-electron chi connectivity index (χ4n) is 1.73. The minimum absolute atomic E-state index is 0.0445. The second kappa shape index (κ2) is 9.81. The second-order valence-electron chi connectivity index (χ2n) is 4.78. The lowest BCUT2D eigenvalue weighted by Crippen LogP contribution is -2.23. The SMILES string of the molecule is CCN(/C=C/C=C(C#N)C#N)CCOC(=O)c1ccc(C)cc1. The molecule has 5 nitrogen and oxygen atoms in total. The summed E-state index contributed by atoms with van der Waals surface area (Å²) in [5.41, 5.74) is 1.67. The predicted octanol–water partition coefficient (Wildman–Crippen LogP) is 2.96. The van der Waals surface area contributed by atoms with E-state index in [-0.39, 0.29) is 18.1 Å². The Balaban J connectivity index is 2.46.